The first kappa shape index (κ1) is 10.0. The second kappa shape index (κ2) is 4.11. The van der Waals surface area contributed by atoms with Crippen molar-refractivity contribution in [3.05, 3.63) is 6.92 Å². The average Bonchev–Trinajstić information content (AvgIpc) is 1.36. The van der Waals surface area contributed by atoms with Crippen LogP contribution in [0, 0.1) is 6.92 Å². The Morgan fingerprint density at radius 3 is 1.71 bits per heavy atom. The van der Waals surface area contributed by atoms with Crippen LogP contribution in [0.5, 0.6) is 0 Å². The van der Waals surface area contributed by atoms with Crippen LogP contribution in [0.2, 0.25) is 0 Å². The van der Waals surface area contributed by atoms with Gasteiger partial charge in [-0.25, -0.2) is 0 Å². The van der Waals surface area contributed by atoms with E-state index in [0.717, 1.165) is 0 Å². The van der Waals surface area contributed by atoms with Crippen LogP contribution >= 0.6 is 0 Å². The first-order chi connectivity index (χ1) is 2.64. The number of amides is 1. The Balaban J connectivity index is 0. The summed E-state index contributed by atoms with van der Waals surface area (Å²) in [5, 5.41) is 0. The Kier molecular flexibility index (Phi) is 5.88. The molecule has 0 spiro atoms. The summed E-state index contributed by atoms with van der Waals surface area (Å²) in [5.41, 5.74) is 0. The summed E-state index contributed by atoms with van der Waals surface area (Å²) in [4.78, 5) is 11.4. The molecule has 0 aliphatic carbocycles. The van der Waals surface area contributed by atoms with Crippen molar-refractivity contribution >= 4 is 5.91 Å². The summed E-state index contributed by atoms with van der Waals surface area (Å²) in [7, 11) is 3.32. The maximum absolute atomic E-state index is 9.96. The van der Waals surface area contributed by atoms with Gasteiger partial charge in [-0.05, 0) is 0 Å². The maximum Gasteiger partial charge on any atom is 1.00 e. The minimum atomic E-state index is -0.157. The molecular weight excluding hydrogens is 85.0 g/mol. The van der Waals surface area contributed by atoms with Crippen LogP contribution < -0.4 is 18.9 Å². The van der Waals surface area contributed by atoms with E-state index in [0.29, 0.717) is 0 Å². The van der Waals surface area contributed by atoms with Crippen molar-refractivity contribution in [2.45, 2.75) is 0 Å². The Morgan fingerprint density at radius 2 is 1.71 bits per heavy atom. The molecule has 0 aromatic carbocycles. The van der Waals surface area contributed by atoms with Crippen molar-refractivity contribution in [1.82, 2.24) is 4.90 Å². The quantitative estimate of drug-likeness (QED) is 0.229. The second-order valence-electron chi connectivity index (χ2n) is 1.29. The summed E-state index contributed by atoms with van der Waals surface area (Å²) in [6.07, 6.45) is 0. The van der Waals surface area contributed by atoms with Crippen LogP contribution in [0.3, 0.4) is 0 Å². The third-order valence-electron chi connectivity index (χ3n) is 0.499. The fraction of sp³-hybridized carbons (Fsp3) is 0.500. The molecule has 0 unspecified atom stereocenters. The summed E-state index contributed by atoms with van der Waals surface area (Å²) in [6.45, 7) is 3.12. The van der Waals surface area contributed by atoms with Crippen LogP contribution in [0.25, 0.3) is 0 Å². The SMILES string of the molecule is [CH2-]C(=O)N(C)C.[Li+]. The molecule has 0 saturated heterocycles. The molecule has 0 aromatic rings. The third-order valence-corrected chi connectivity index (χ3v) is 0.499. The van der Waals surface area contributed by atoms with Crippen LogP contribution in [-0.2, 0) is 4.79 Å². The van der Waals surface area contributed by atoms with Gasteiger partial charge in [0.25, 0.3) is 0 Å². The van der Waals surface area contributed by atoms with E-state index in [4.69, 9.17) is 0 Å². The molecule has 0 fully saturated rings. The van der Waals surface area contributed by atoms with Crippen LogP contribution in [-0.4, -0.2) is 24.9 Å². The number of hydrogen-bond donors (Lipinski definition) is 0. The van der Waals surface area contributed by atoms with Gasteiger partial charge in [-0.2, -0.15) is 0 Å². The first-order valence-corrected chi connectivity index (χ1v) is 1.68. The van der Waals surface area contributed by atoms with Crippen LogP contribution in [0.4, 0.5) is 0 Å². The Bertz CT molecular complexity index is 62.7. The van der Waals surface area contributed by atoms with E-state index in [1.165, 1.54) is 4.90 Å². The molecule has 36 valence electrons. The standard InChI is InChI=1S/C4H8NO.Li/c1-4(6)5(2)3;/h1H2,2-3H3;/q-1;+1. The van der Waals surface area contributed by atoms with Gasteiger partial charge in [0.2, 0.25) is 0 Å². The monoisotopic (exact) mass is 93.1 g/mol. The molecule has 0 N–H and O–H groups in total. The number of carbonyl (C=O) groups is 1. The summed E-state index contributed by atoms with van der Waals surface area (Å²) >= 11 is 0. The van der Waals surface area contributed by atoms with E-state index >= 15 is 0 Å². The van der Waals surface area contributed by atoms with E-state index in [1.807, 2.05) is 0 Å². The van der Waals surface area contributed by atoms with Gasteiger partial charge >= 0.3 is 18.9 Å². The van der Waals surface area contributed by atoms with Gasteiger partial charge in [-0.15, -0.1) is 0 Å². The zero-order valence-corrected chi connectivity index (χ0v) is 5.06. The van der Waals surface area contributed by atoms with Gasteiger partial charge < -0.3 is 16.6 Å². The van der Waals surface area contributed by atoms with Gasteiger partial charge in [0.1, 0.15) is 0 Å². The van der Waals surface area contributed by atoms with E-state index in [2.05, 4.69) is 6.92 Å². The second-order valence-corrected chi connectivity index (χ2v) is 1.29. The largest absolute Gasteiger partial charge is 1.00 e. The van der Waals surface area contributed by atoms with E-state index in [1.54, 1.807) is 14.1 Å². The third kappa shape index (κ3) is 5.94. The fourth-order valence-electron chi connectivity index (χ4n) is 0. The Hall–Kier alpha value is -0.0626. The topological polar surface area (TPSA) is 20.3 Å². The molecule has 0 radical (unpaired) electrons. The van der Waals surface area contributed by atoms with Gasteiger partial charge in [-0.1, -0.05) is 0 Å². The van der Waals surface area contributed by atoms with Crippen LogP contribution in [0.15, 0.2) is 0 Å². The Labute approximate surface area is 56.1 Å². The number of hydrogen-bond acceptors (Lipinski definition) is 1. The normalized spacial score (nSPS) is 6.57. The predicted molar refractivity (Wildman–Crippen MR) is 24.1 cm³/mol. The maximum atomic E-state index is 9.96. The average molecular weight is 93.1 g/mol. The van der Waals surface area contributed by atoms with Crippen molar-refractivity contribution < 1.29 is 23.7 Å². The molecule has 0 atom stereocenters. The van der Waals surface area contributed by atoms with Crippen molar-refractivity contribution in [2.75, 3.05) is 14.1 Å². The van der Waals surface area contributed by atoms with Crippen molar-refractivity contribution in [1.29, 1.82) is 0 Å². The van der Waals surface area contributed by atoms with E-state index < -0.39 is 0 Å². The van der Waals surface area contributed by atoms with E-state index in [9.17, 15) is 4.79 Å². The molecule has 0 saturated carbocycles. The first-order valence-electron chi connectivity index (χ1n) is 1.68. The smallest absolute Gasteiger partial charge is 0.374 e. The summed E-state index contributed by atoms with van der Waals surface area (Å²) in [5.74, 6) is -0.157. The molecule has 0 aromatic heterocycles. The minimum absolute atomic E-state index is 0. The molecule has 0 rings (SSSR count). The molecule has 0 bridgehead atoms. The van der Waals surface area contributed by atoms with Gasteiger partial charge in [0.15, 0.2) is 0 Å². The molecule has 0 heterocycles. The molecule has 2 nitrogen and oxygen atoms in total. The van der Waals surface area contributed by atoms with Gasteiger partial charge in [0, 0.05) is 14.1 Å². The number of rotatable bonds is 0. The van der Waals surface area contributed by atoms with E-state index in [-0.39, 0.29) is 24.8 Å². The molecule has 3 heteroatoms. The molecule has 1 amide bonds. The van der Waals surface area contributed by atoms with Crippen LogP contribution in [0.1, 0.15) is 0 Å². The van der Waals surface area contributed by atoms with Crippen molar-refractivity contribution in [3.8, 4) is 0 Å². The minimum Gasteiger partial charge on any atom is -0.374 e. The fourth-order valence-corrected chi connectivity index (χ4v) is 0. The zero-order chi connectivity index (χ0) is 5.15. The predicted octanol–water partition coefficient (Wildman–Crippen LogP) is -3.09. The Morgan fingerprint density at radius 1 is 1.57 bits per heavy atom. The molecule has 0 aliphatic heterocycles. The van der Waals surface area contributed by atoms with Crippen molar-refractivity contribution in [3.63, 3.8) is 0 Å². The molecule has 7 heavy (non-hydrogen) atoms. The number of carbonyl (C=O) groups excluding carboxylic acids is 1. The van der Waals surface area contributed by atoms with Crippen molar-refractivity contribution in [2.24, 2.45) is 0 Å². The molecule has 0 aliphatic rings. The molecular formula is C4H8LiNO. The zero-order valence-electron chi connectivity index (χ0n) is 5.06. The summed E-state index contributed by atoms with van der Waals surface area (Å²) < 4.78 is 0. The number of nitrogens with zero attached hydrogens (tertiary/aromatic N) is 1. The van der Waals surface area contributed by atoms with Gasteiger partial charge in [-0.3, -0.25) is 0 Å². The summed E-state index contributed by atoms with van der Waals surface area (Å²) in [6, 6.07) is 0. The van der Waals surface area contributed by atoms with Gasteiger partial charge in [0.05, 0.1) is 5.91 Å².